The quantitative estimate of drug-likeness (QED) is 0.330. The fourth-order valence-electron chi connectivity index (χ4n) is 3.74. The molecule has 0 bridgehead atoms. The van der Waals surface area contributed by atoms with E-state index in [-0.39, 0.29) is 29.1 Å². The van der Waals surface area contributed by atoms with Gasteiger partial charge < -0.3 is 10.2 Å². The molecule has 2 atom stereocenters. The molecule has 3 rings (SSSR count). The number of benzene rings is 3. The lowest BCUT2D eigenvalue weighted by molar-refractivity contribution is -0.139. The summed E-state index contributed by atoms with van der Waals surface area (Å²) in [6, 6.07) is 18.9. The second kappa shape index (κ2) is 13.0. The maximum Gasteiger partial charge on any atom is 0.264 e. The predicted molar refractivity (Wildman–Crippen MR) is 149 cm³/mol. The second-order valence-electron chi connectivity index (χ2n) is 8.95. The van der Waals surface area contributed by atoms with E-state index in [1.165, 1.54) is 29.2 Å². The number of carbonyl (C=O) groups is 2. The molecule has 0 spiro atoms. The Kier molecular flexibility index (Phi) is 10.0. The maximum atomic E-state index is 13.8. The molecule has 0 heterocycles. The van der Waals surface area contributed by atoms with Gasteiger partial charge in [0, 0.05) is 17.1 Å². The lowest BCUT2D eigenvalue weighted by Crippen LogP contribution is -2.52. The van der Waals surface area contributed by atoms with Gasteiger partial charge in [0.25, 0.3) is 10.0 Å². The van der Waals surface area contributed by atoms with Crippen LogP contribution >= 0.6 is 15.9 Å². The number of halogens is 2. The van der Waals surface area contributed by atoms with Crippen molar-refractivity contribution in [2.24, 2.45) is 0 Å². The van der Waals surface area contributed by atoms with Crippen LogP contribution in [0.3, 0.4) is 0 Å². The average Bonchev–Trinajstić information content (AvgIpc) is 2.90. The third-order valence-electron chi connectivity index (χ3n) is 6.13. The minimum atomic E-state index is -4.19. The van der Waals surface area contributed by atoms with Gasteiger partial charge >= 0.3 is 0 Å². The standard InChI is InChI=1S/C28H31BrFN3O4S/c1-4-20(2)31-28(35)21(3)32(18-22-9-8-10-23(29)17-22)27(34)19-33(25-15-13-24(30)14-16-25)38(36,37)26-11-6-5-7-12-26/h5-17,20-21H,4,18-19H2,1-3H3,(H,31,35)/t20-,21+/m1/s1. The molecule has 7 nitrogen and oxygen atoms in total. The number of hydrogen-bond acceptors (Lipinski definition) is 4. The second-order valence-corrected chi connectivity index (χ2v) is 11.7. The highest BCUT2D eigenvalue weighted by Crippen LogP contribution is 2.25. The maximum absolute atomic E-state index is 13.8. The highest BCUT2D eigenvalue weighted by molar-refractivity contribution is 9.10. The number of sulfonamides is 1. The Morgan fingerprint density at radius 2 is 1.63 bits per heavy atom. The van der Waals surface area contributed by atoms with Crippen molar-refractivity contribution in [1.82, 2.24) is 10.2 Å². The summed E-state index contributed by atoms with van der Waals surface area (Å²) in [5, 5.41) is 2.89. The molecular weight excluding hydrogens is 573 g/mol. The summed E-state index contributed by atoms with van der Waals surface area (Å²) in [4.78, 5) is 28.2. The Morgan fingerprint density at radius 3 is 2.24 bits per heavy atom. The van der Waals surface area contributed by atoms with E-state index in [2.05, 4.69) is 21.2 Å². The van der Waals surface area contributed by atoms with Crippen molar-refractivity contribution in [3.63, 3.8) is 0 Å². The number of hydrogen-bond donors (Lipinski definition) is 1. The topological polar surface area (TPSA) is 86.8 Å². The molecule has 0 fully saturated rings. The first-order valence-electron chi connectivity index (χ1n) is 12.2. The van der Waals surface area contributed by atoms with Crippen LogP contribution in [0.15, 0.2) is 88.2 Å². The van der Waals surface area contributed by atoms with Crippen molar-refractivity contribution >= 4 is 43.5 Å². The summed E-state index contributed by atoms with van der Waals surface area (Å²) >= 11 is 3.42. The molecule has 202 valence electrons. The summed E-state index contributed by atoms with van der Waals surface area (Å²) in [5.41, 5.74) is 0.887. The molecule has 0 radical (unpaired) electrons. The van der Waals surface area contributed by atoms with E-state index < -0.39 is 34.3 Å². The Balaban J connectivity index is 2.01. The zero-order valence-corrected chi connectivity index (χ0v) is 23.9. The molecule has 0 aromatic heterocycles. The first-order chi connectivity index (χ1) is 18.0. The molecule has 0 unspecified atom stereocenters. The van der Waals surface area contributed by atoms with Gasteiger partial charge in [-0.3, -0.25) is 13.9 Å². The molecule has 0 aliphatic carbocycles. The summed E-state index contributed by atoms with van der Waals surface area (Å²) < 4.78 is 42.7. The normalized spacial score (nSPS) is 12.9. The fraction of sp³-hybridized carbons (Fsp3) is 0.286. The average molecular weight is 605 g/mol. The zero-order chi connectivity index (χ0) is 27.9. The summed E-state index contributed by atoms with van der Waals surface area (Å²) in [7, 11) is -4.19. The number of rotatable bonds is 11. The minimum absolute atomic E-state index is 0.0155. The number of nitrogens with zero attached hydrogens (tertiary/aromatic N) is 2. The van der Waals surface area contributed by atoms with Gasteiger partial charge in [0.2, 0.25) is 11.8 Å². The third kappa shape index (κ3) is 7.41. The molecule has 0 aliphatic rings. The first-order valence-corrected chi connectivity index (χ1v) is 14.4. The summed E-state index contributed by atoms with van der Waals surface area (Å²) in [6.45, 7) is 4.91. The van der Waals surface area contributed by atoms with Gasteiger partial charge in [-0.05, 0) is 74.4 Å². The van der Waals surface area contributed by atoms with Gasteiger partial charge in [-0.15, -0.1) is 0 Å². The molecular formula is C28H31BrFN3O4S. The van der Waals surface area contributed by atoms with Crippen molar-refractivity contribution in [2.45, 2.75) is 50.7 Å². The Morgan fingerprint density at radius 1 is 0.974 bits per heavy atom. The van der Waals surface area contributed by atoms with E-state index in [0.29, 0.717) is 6.42 Å². The van der Waals surface area contributed by atoms with Gasteiger partial charge in [0.05, 0.1) is 10.6 Å². The van der Waals surface area contributed by atoms with Crippen LogP contribution in [0.4, 0.5) is 10.1 Å². The van der Waals surface area contributed by atoms with Gasteiger partial charge in [-0.25, -0.2) is 12.8 Å². The first kappa shape index (κ1) is 29.3. The Bertz CT molecular complexity index is 1350. The SMILES string of the molecule is CC[C@@H](C)NC(=O)[C@H](C)N(Cc1cccc(Br)c1)C(=O)CN(c1ccc(F)cc1)S(=O)(=O)c1ccccc1. The van der Waals surface area contributed by atoms with Gasteiger partial charge in [0.1, 0.15) is 18.4 Å². The molecule has 1 N–H and O–H groups in total. The monoisotopic (exact) mass is 603 g/mol. The largest absolute Gasteiger partial charge is 0.352 e. The highest BCUT2D eigenvalue weighted by atomic mass is 79.9. The van der Waals surface area contributed by atoms with Crippen molar-refractivity contribution in [1.29, 1.82) is 0 Å². The minimum Gasteiger partial charge on any atom is -0.352 e. The lowest BCUT2D eigenvalue weighted by Gasteiger charge is -2.32. The van der Waals surface area contributed by atoms with Crippen LogP contribution < -0.4 is 9.62 Å². The van der Waals surface area contributed by atoms with Gasteiger partial charge in [-0.2, -0.15) is 0 Å². The molecule has 3 aromatic carbocycles. The Hall–Kier alpha value is -3.24. The van der Waals surface area contributed by atoms with E-state index in [9.17, 15) is 22.4 Å². The van der Waals surface area contributed by atoms with Crippen molar-refractivity contribution in [3.05, 3.63) is 94.7 Å². The van der Waals surface area contributed by atoms with E-state index in [4.69, 9.17) is 0 Å². The van der Waals surface area contributed by atoms with Gasteiger partial charge in [-0.1, -0.05) is 53.2 Å². The fourth-order valence-corrected chi connectivity index (χ4v) is 5.62. The van der Waals surface area contributed by atoms with Crippen LogP contribution in [0.25, 0.3) is 0 Å². The smallest absolute Gasteiger partial charge is 0.264 e. The van der Waals surface area contributed by atoms with E-state index in [0.717, 1.165) is 26.5 Å². The van der Waals surface area contributed by atoms with Crippen LogP contribution in [0.2, 0.25) is 0 Å². The number of anilines is 1. The molecule has 2 amide bonds. The highest BCUT2D eigenvalue weighted by Gasteiger charge is 2.32. The molecule has 0 aliphatic heterocycles. The third-order valence-corrected chi connectivity index (χ3v) is 8.42. The van der Waals surface area contributed by atoms with Crippen LogP contribution in [-0.4, -0.2) is 43.8 Å². The molecule has 0 saturated carbocycles. The summed E-state index contributed by atoms with van der Waals surface area (Å²) in [5.74, 6) is -1.47. The van der Waals surface area contributed by atoms with Crippen LogP contribution in [0.1, 0.15) is 32.8 Å². The van der Waals surface area contributed by atoms with E-state index >= 15 is 0 Å². The zero-order valence-electron chi connectivity index (χ0n) is 21.5. The Labute approximate surface area is 231 Å². The van der Waals surface area contributed by atoms with Crippen molar-refractivity contribution in [2.75, 3.05) is 10.8 Å². The molecule has 0 saturated heterocycles. The number of carbonyl (C=O) groups excluding carboxylic acids is 2. The van der Waals surface area contributed by atoms with Crippen molar-refractivity contribution < 1.29 is 22.4 Å². The van der Waals surface area contributed by atoms with Crippen molar-refractivity contribution in [3.8, 4) is 0 Å². The lowest BCUT2D eigenvalue weighted by atomic mass is 10.1. The number of amides is 2. The predicted octanol–water partition coefficient (Wildman–Crippen LogP) is 5.12. The van der Waals surface area contributed by atoms with E-state index in [1.54, 1.807) is 25.1 Å². The number of nitrogens with one attached hydrogen (secondary N) is 1. The molecule has 10 heteroatoms. The summed E-state index contributed by atoms with van der Waals surface area (Å²) in [6.07, 6.45) is 0.714. The van der Waals surface area contributed by atoms with E-state index in [1.807, 2.05) is 38.1 Å². The molecule has 3 aromatic rings. The molecule has 38 heavy (non-hydrogen) atoms. The van der Waals surface area contributed by atoms with Gasteiger partial charge in [0.15, 0.2) is 0 Å². The van der Waals surface area contributed by atoms with Crippen LogP contribution in [0, 0.1) is 5.82 Å². The van der Waals surface area contributed by atoms with Crippen LogP contribution in [-0.2, 0) is 26.2 Å². The van der Waals surface area contributed by atoms with Crippen LogP contribution in [0.5, 0.6) is 0 Å².